The Hall–Kier alpha value is -2.21. The second-order valence-electron chi connectivity index (χ2n) is 5.19. The van der Waals surface area contributed by atoms with Crippen LogP contribution in [0.4, 0.5) is 8.78 Å². The monoisotopic (exact) mass is 379 g/mol. The predicted octanol–water partition coefficient (Wildman–Crippen LogP) is 4.89. The molecule has 118 valence electrons. The van der Waals surface area contributed by atoms with Crippen molar-refractivity contribution >= 4 is 32.8 Å². The summed E-state index contributed by atoms with van der Waals surface area (Å²) in [5.74, 6) is -1.73. The van der Waals surface area contributed by atoms with Gasteiger partial charge in [0, 0.05) is 22.0 Å². The number of benzene rings is 2. The molecule has 0 aliphatic heterocycles. The molecule has 6 heteroatoms. The summed E-state index contributed by atoms with van der Waals surface area (Å²) in [4.78, 5) is 13.9. The third-order valence-electron chi connectivity index (χ3n) is 3.65. The van der Waals surface area contributed by atoms with Gasteiger partial charge >= 0.3 is 5.97 Å². The fourth-order valence-electron chi connectivity index (χ4n) is 2.63. The summed E-state index contributed by atoms with van der Waals surface area (Å²) >= 11 is 3.25. The molecule has 0 unspecified atom stereocenters. The van der Waals surface area contributed by atoms with Crippen molar-refractivity contribution in [1.29, 1.82) is 0 Å². The number of halogens is 3. The average molecular weight is 380 g/mol. The van der Waals surface area contributed by atoms with Crippen LogP contribution >= 0.6 is 15.9 Å². The molecule has 3 nitrogen and oxygen atoms in total. The number of H-pyrrole nitrogens is 1. The minimum absolute atomic E-state index is 0.0741. The van der Waals surface area contributed by atoms with Crippen molar-refractivity contribution < 1.29 is 18.7 Å². The molecule has 1 heterocycles. The molecule has 0 amide bonds. The van der Waals surface area contributed by atoms with E-state index in [2.05, 4.69) is 20.9 Å². The molecule has 0 aliphatic carbocycles. The SMILES string of the molecule is O=C(O)CCc1c(-c2ccc(F)cc2)[nH]c2c(F)cc(Br)cc12. The fourth-order valence-corrected chi connectivity index (χ4v) is 3.06. The molecule has 0 fully saturated rings. The molecule has 0 saturated heterocycles. The van der Waals surface area contributed by atoms with Crippen LogP contribution in [-0.4, -0.2) is 16.1 Å². The number of carboxylic acid groups (broad SMARTS) is 1. The lowest BCUT2D eigenvalue weighted by atomic mass is 10.0. The number of rotatable bonds is 4. The van der Waals surface area contributed by atoms with Gasteiger partial charge in [-0.15, -0.1) is 0 Å². The van der Waals surface area contributed by atoms with E-state index >= 15 is 0 Å². The van der Waals surface area contributed by atoms with E-state index in [9.17, 15) is 13.6 Å². The molecule has 2 aromatic carbocycles. The normalized spacial score (nSPS) is 11.1. The maximum absolute atomic E-state index is 14.2. The molecule has 1 aromatic heterocycles. The summed E-state index contributed by atoms with van der Waals surface area (Å²) in [5, 5.41) is 9.57. The number of nitrogens with one attached hydrogen (secondary N) is 1. The largest absolute Gasteiger partial charge is 0.481 e. The quantitative estimate of drug-likeness (QED) is 0.677. The van der Waals surface area contributed by atoms with Crippen LogP contribution in [0.5, 0.6) is 0 Å². The van der Waals surface area contributed by atoms with E-state index in [1.54, 1.807) is 18.2 Å². The van der Waals surface area contributed by atoms with Gasteiger partial charge in [0.05, 0.1) is 5.52 Å². The Kier molecular flexibility index (Phi) is 4.17. The summed E-state index contributed by atoms with van der Waals surface area (Å²) in [6.45, 7) is 0. The molecule has 0 radical (unpaired) electrons. The Morgan fingerprint density at radius 3 is 2.52 bits per heavy atom. The lowest BCUT2D eigenvalue weighted by Gasteiger charge is -2.04. The van der Waals surface area contributed by atoms with E-state index < -0.39 is 11.8 Å². The smallest absolute Gasteiger partial charge is 0.303 e. The Morgan fingerprint density at radius 2 is 1.87 bits per heavy atom. The van der Waals surface area contributed by atoms with E-state index in [0.29, 0.717) is 32.2 Å². The van der Waals surface area contributed by atoms with Crippen LogP contribution < -0.4 is 0 Å². The van der Waals surface area contributed by atoms with E-state index in [1.165, 1.54) is 18.2 Å². The number of hydrogen-bond donors (Lipinski definition) is 2. The molecule has 0 atom stereocenters. The standard InChI is InChI=1S/C17H12BrF2NO2/c18-10-7-13-12(5-6-15(22)23)16(21-17(13)14(20)8-10)9-1-3-11(19)4-2-9/h1-4,7-8,21H,5-6H2,(H,22,23). The molecule has 0 aliphatic rings. The van der Waals surface area contributed by atoms with Crippen LogP contribution in [0, 0.1) is 11.6 Å². The topological polar surface area (TPSA) is 53.1 Å². The Balaban J connectivity index is 2.22. The third-order valence-corrected chi connectivity index (χ3v) is 4.11. The lowest BCUT2D eigenvalue weighted by molar-refractivity contribution is -0.136. The summed E-state index contributed by atoms with van der Waals surface area (Å²) in [6, 6.07) is 8.88. The zero-order chi connectivity index (χ0) is 16.6. The highest BCUT2D eigenvalue weighted by Crippen LogP contribution is 2.34. The summed E-state index contributed by atoms with van der Waals surface area (Å²) < 4.78 is 27.9. The minimum atomic E-state index is -0.931. The Bertz CT molecular complexity index is 888. The first-order valence-electron chi connectivity index (χ1n) is 6.93. The van der Waals surface area contributed by atoms with Crippen LogP contribution in [0.15, 0.2) is 40.9 Å². The van der Waals surface area contributed by atoms with Gasteiger partial charge in [0.2, 0.25) is 0 Å². The van der Waals surface area contributed by atoms with Crippen LogP contribution in [0.2, 0.25) is 0 Å². The first kappa shape index (κ1) is 15.7. The van der Waals surface area contributed by atoms with Gasteiger partial charge in [0.15, 0.2) is 0 Å². The number of aromatic amines is 1. The third kappa shape index (κ3) is 3.12. The van der Waals surface area contributed by atoms with Crippen molar-refractivity contribution in [2.45, 2.75) is 12.8 Å². The fraction of sp³-hybridized carbons (Fsp3) is 0.118. The van der Waals surface area contributed by atoms with Gasteiger partial charge in [-0.3, -0.25) is 4.79 Å². The van der Waals surface area contributed by atoms with E-state index in [4.69, 9.17) is 5.11 Å². The Labute approximate surface area is 139 Å². The molecule has 0 bridgehead atoms. The zero-order valence-electron chi connectivity index (χ0n) is 11.9. The molecule has 0 spiro atoms. The zero-order valence-corrected chi connectivity index (χ0v) is 13.5. The number of carboxylic acids is 1. The second kappa shape index (κ2) is 6.12. The Morgan fingerprint density at radius 1 is 1.17 bits per heavy atom. The molecular formula is C17H12BrF2NO2. The van der Waals surface area contributed by atoms with Gasteiger partial charge in [-0.1, -0.05) is 15.9 Å². The second-order valence-corrected chi connectivity index (χ2v) is 6.11. The van der Waals surface area contributed by atoms with Crippen molar-refractivity contribution in [2.75, 3.05) is 0 Å². The number of fused-ring (bicyclic) bond motifs is 1. The number of aryl methyl sites for hydroxylation is 1. The van der Waals surface area contributed by atoms with Gasteiger partial charge in [-0.05, 0) is 53.9 Å². The first-order chi connectivity index (χ1) is 11.0. The van der Waals surface area contributed by atoms with Crippen LogP contribution in [-0.2, 0) is 11.2 Å². The number of carbonyl (C=O) groups is 1. The van der Waals surface area contributed by atoms with Gasteiger partial charge in [-0.25, -0.2) is 8.78 Å². The maximum atomic E-state index is 14.2. The van der Waals surface area contributed by atoms with Gasteiger partial charge in [0.1, 0.15) is 11.6 Å². The predicted molar refractivity (Wildman–Crippen MR) is 87.3 cm³/mol. The van der Waals surface area contributed by atoms with Gasteiger partial charge < -0.3 is 10.1 Å². The van der Waals surface area contributed by atoms with Crippen LogP contribution in [0.1, 0.15) is 12.0 Å². The first-order valence-corrected chi connectivity index (χ1v) is 7.72. The van der Waals surface area contributed by atoms with Gasteiger partial charge in [0.25, 0.3) is 0 Å². The number of aliphatic carboxylic acids is 1. The highest BCUT2D eigenvalue weighted by molar-refractivity contribution is 9.10. The van der Waals surface area contributed by atoms with Crippen molar-refractivity contribution in [3.05, 3.63) is 58.1 Å². The van der Waals surface area contributed by atoms with Crippen molar-refractivity contribution in [3.63, 3.8) is 0 Å². The average Bonchev–Trinajstić information content (AvgIpc) is 2.84. The highest BCUT2D eigenvalue weighted by Gasteiger charge is 2.17. The van der Waals surface area contributed by atoms with Crippen LogP contribution in [0.3, 0.4) is 0 Å². The minimum Gasteiger partial charge on any atom is -0.481 e. The summed E-state index contributed by atoms with van der Waals surface area (Å²) in [5.41, 5.74) is 2.30. The van der Waals surface area contributed by atoms with Crippen molar-refractivity contribution in [2.24, 2.45) is 0 Å². The summed E-state index contributed by atoms with van der Waals surface area (Å²) in [7, 11) is 0. The van der Waals surface area contributed by atoms with E-state index in [1.807, 2.05) is 0 Å². The molecule has 3 rings (SSSR count). The number of hydrogen-bond acceptors (Lipinski definition) is 1. The molecule has 23 heavy (non-hydrogen) atoms. The van der Waals surface area contributed by atoms with Crippen molar-refractivity contribution in [1.82, 2.24) is 4.98 Å². The molecule has 2 N–H and O–H groups in total. The number of aromatic nitrogens is 1. The molecule has 3 aromatic rings. The van der Waals surface area contributed by atoms with Crippen molar-refractivity contribution in [3.8, 4) is 11.3 Å². The van der Waals surface area contributed by atoms with E-state index in [-0.39, 0.29) is 18.7 Å². The highest BCUT2D eigenvalue weighted by atomic mass is 79.9. The summed E-state index contributed by atoms with van der Waals surface area (Å²) in [6.07, 6.45) is 0.174. The lowest BCUT2D eigenvalue weighted by Crippen LogP contribution is -1.98. The maximum Gasteiger partial charge on any atom is 0.303 e. The van der Waals surface area contributed by atoms with Crippen LogP contribution in [0.25, 0.3) is 22.2 Å². The van der Waals surface area contributed by atoms with Gasteiger partial charge in [-0.2, -0.15) is 0 Å². The molecular weight excluding hydrogens is 368 g/mol. The molecule has 0 saturated carbocycles. The van der Waals surface area contributed by atoms with E-state index in [0.717, 1.165) is 0 Å².